The minimum atomic E-state index is 0.599. The van der Waals surface area contributed by atoms with Crippen LogP contribution < -0.4 is 11.1 Å². The number of fused-ring (bicyclic) bond motifs is 1. The predicted octanol–water partition coefficient (Wildman–Crippen LogP) is 2.93. The average Bonchev–Trinajstić information content (AvgIpc) is 2.86. The Kier molecular flexibility index (Phi) is 3.31. The third-order valence-electron chi connectivity index (χ3n) is 3.24. The summed E-state index contributed by atoms with van der Waals surface area (Å²) in [5, 5.41) is 5.27. The van der Waals surface area contributed by atoms with E-state index >= 15 is 0 Å². The first kappa shape index (κ1) is 12.9. The number of hydrogen-bond acceptors (Lipinski definition) is 4. The van der Waals surface area contributed by atoms with Crippen LogP contribution in [-0.4, -0.2) is 14.5 Å². The van der Waals surface area contributed by atoms with Gasteiger partial charge >= 0.3 is 0 Å². The van der Waals surface area contributed by atoms with Crippen molar-refractivity contribution in [1.82, 2.24) is 14.5 Å². The van der Waals surface area contributed by atoms with E-state index in [0.29, 0.717) is 12.2 Å². The first-order chi connectivity index (χ1) is 9.66. The SMILES string of the molecule is Cn1ccnc1CNc1nccc2c(Br)ccc(N)c12. The number of aryl methyl sites for hydroxylation is 1. The van der Waals surface area contributed by atoms with Gasteiger partial charge in [0.25, 0.3) is 0 Å². The predicted molar refractivity (Wildman–Crippen MR) is 84.4 cm³/mol. The number of nitrogens with zero attached hydrogens (tertiary/aromatic N) is 3. The summed E-state index contributed by atoms with van der Waals surface area (Å²) in [5.74, 6) is 1.71. The van der Waals surface area contributed by atoms with E-state index < -0.39 is 0 Å². The summed E-state index contributed by atoms with van der Waals surface area (Å²) in [6.45, 7) is 0.599. The molecular weight excluding hydrogens is 318 g/mol. The lowest BCUT2D eigenvalue weighted by molar-refractivity contribution is 0.811. The van der Waals surface area contributed by atoms with Gasteiger partial charge in [-0.2, -0.15) is 0 Å². The molecule has 0 saturated heterocycles. The van der Waals surface area contributed by atoms with Crippen LogP contribution in [-0.2, 0) is 13.6 Å². The van der Waals surface area contributed by atoms with Gasteiger partial charge in [0, 0.05) is 46.6 Å². The van der Waals surface area contributed by atoms with Crippen molar-refractivity contribution in [1.29, 1.82) is 0 Å². The number of pyridine rings is 1. The summed E-state index contributed by atoms with van der Waals surface area (Å²) in [6, 6.07) is 5.77. The van der Waals surface area contributed by atoms with Gasteiger partial charge in [-0.25, -0.2) is 9.97 Å². The van der Waals surface area contributed by atoms with Crippen LogP contribution in [0.5, 0.6) is 0 Å². The number of nitrogens with two attached hydrogens (primary N) is 1. The average molecular weight is 332 g/mol. The number of hydrogen-bond donors (Lipinski definition) is 2. The molecule has 0 saturated carbocycles. The molecule has 0 aliphatic carbocycles. The molecule has 102 valence electrons. The molecule has 2 aromatic heterocycles. The van der Waals surface area contributed by atoms with E-state index in [1.165, 1.54) is 0 Å². The van der Waals surface area contributed by atoms with Crippen molar-refractivity contribution in [3.8, 4) is 0 Å². The largest absolute Gasteiger partial charge is 0.398 e. The van der Waals surface area contributed by atoms with E-state index in [1.807, 2.05) is 36.0 Å². The molecule has 0 bridgehead atoms. The van der Waals surface area contributed by atoms with Crippen LogP contribution in [0.3, 0.4) is 0 Å². The van der Waals surface area contributed by atoms with Crippen LogP contribution in [0.1, 0.15) is 5.82 Å². The van der Waals surface area contributed by atoms with Crippen LogP contribution in [0.25, 0.3) is 10.8 Å². The quantitative estimate of drug-likeness (QED) is 0.724. The highest BCUT2D eigenvalue weighted by Gasteiger charge is 2.09. The second kappa shape index (κ2) is 5.13. The second-order valence-electron chi connectivity index (χ2n) is 4.53. The van der Waals surface area contributed by atoms with Gasteiger partial charge in [-0.1, -0.05) is 15.9 Å². The maximum Gasteiger partial charge on any atom is 0.136 e. The van der Waals surface area contributed by atoms with Gasteiger partial charge in [-0.3, -0.25) is 0 Å². The Morgan fingerprint density at radius 3 is 2.85 bits per heavy atom. The Bertz CT molecular complexity index is 765. The molecule has 2 heterocycles. The first-order valence-electron chi connectivity index (χ1n) is 6.19. The molecule has 3 N–H and O–H groups in total. The highest BCUT2D eigenvalue weighted by Crippen LogP contribution is 2.32. The van der Waals surface area contributed by atoms with Crippen LogP contribution in [0.15, 0.2) is 41.3 Å². The van der Waals surface area contributed by atoms with Gasteiger partial charge in [0.15, 0.2) is 0 Å². The highest BCUT2D eigenvalue weighted by atomic mass is 79.9. The van der Waals surface area contributed by atoms with Crippen LogP contribution >= 0.6 is 15.9 Å². The molecule has 20 heavy (non-hydrogen) atoms. The summed E-state index contributed by atoms with van der Waals surface area (Å²) >= 11 is 3.54. The van der Waals surface area contributed by atoms with Crippen molar-refractivity contribution in [2.45, 2.75) is 6.54 Å². The topological polar surface area (TPSA) is 68.8 Å². The normalized spacial score (nSPS) is 10.9. The lowest BCUT2D eigenvalue weighted by Crippen LogP contribution is -2.07. The van der Waals surface area contributed by atoms with Gasteiger partial charge in [0.1, 0.15) is 11.6 Å². The Labute approximate surface area is 125 Å². The van der Waals surface area contributed by atoms with Gasteiger partial charge < -0.3 is 15.6 Å². The molecule has 0 radical (unpaired) electrons. The minimum absolute atomic E-state index is 0.599. The Morgan fingerprint density at radius 1 is 1.25 bits per heavy atom. The van der Waals surface area contributed by atoms with Crippen molar-refractivity contribution in [2.75, 3.05) is 11.1 Å². The molecule has 0 unspecified atom stereocenters. The Morgan fingerprint density at radius 2 is 2.10 bits per heavy atom. The van der Waals surface area contributed by atoms with Crippen LogP contribution in [0.2, 0.25) is 0 Å². The molecular formula is C14H14BrN5. The monoisotopic (exact) mass is 331 g/mol. The zero-order valence-corrected chi connectivity index (χ0v) is 12.6. The number of nitrogens with one attached hydrogen (secondary N) is 1. The Hall–Kier alpha value is -2.08. The van der Waals surface area contributed by atoms with E-state index in [1.54, 1.807) is 12.4 Å². The van der Waals surface area contributed by atoms with E-state index in [9.17, 15) is 0 Å². The van der Waals surface area contributed by atoms with Crippen LogP contribution in [0, 0.1) is 0 Å². The van der Waals surface area contributed by atoms with Crippen LogP contribution in [0.4, 0.5) is 11.5 Å². The summed E-state index contributed by atoms with van der Waals surface area (Å²) in [6.07, 6.45) is 5.46. The van der Waals surface area contributed by atoms with E-state index in [4.69, 9.17) is 5.73 Å². The van der Waals surface area contributed by atoms with Crippen molar-refractivity contribution in [3.63, 3.8) is 0 Å². The van der Waals surface area contributed by atoms with Crippen molar-refractivity contribution in [2.24, 2.45) is 7.05 Å². The molecule has 0 fully saturated rings. The Balaban J connectivity index is 2.00. The molecule has 0 spiro atoms. The molecule has 5 nitrogen and oxygen atoms in total. The van der Waals surface area contributed by atoms with E-state index in [2.05, 4.69) is 31.2 Å². The number of rotatable bonds is 3. The fourth-order valence-corrected chi connectivity index (χ4v) is 2.62. The van der Waals surface area contributed by atoms with Crippen molar-refractivity contribution < 1.29 is 0 Å². The van der Waals surface area contributed by atoms with Gasteiger partial charge in [-0.15, -0.1) is 0 Å². The summed E-state index contributed by atoms with van der Waals surface area (Å²) in [7, 11) is 1.96. The fourth-order valence-electron chi connectivity index (χ4n) is 2.15. The first-order valence-corrected chi connectivity index (χ1v) is 6.99. The maximum atomic E-state index is 6.08. The molecule has 0 amide bonds. The summed E-state index contributed by atoms with van der Waals surface area (Å²) < 4.78 is 2.97. The van der Waals surface area contributed by atoms with Gasteiger partial charge in [-0.05, 0) is 18.2 Å². The maximum absolute atomic E-state index is 6.08. The molecule has 0 atom stereocenters. The molecule has 3 rings (SSSR count). The summed E-state index contributed by atoms with van der Waals surface area (Å²) in [5.41, 5.74) is 6.79. The van der Waals surface area contributed by atoms with Gasteiger partial charge in [0.05, 0.1) is 6.54 Å². The minimum Gasteiger partial charge on any atom is -0.398 e. The second-order valence-corrected chi connectivity index (χ2v) is 5.38. The fraction of sp³-hybridized carbons (Fsp3) is 0.143. The zero-order valence-electron chi connectivity index (χ0n) is 11.0. The molecule has 6 heteroatoms. The van der Waals surface area contributed by atoms with Crippen molar-refractivity contribution >= 4 is 38.2 Å². The van der Waals surface area contributed by atoms with Crippen molar-refractivity contribution in [3.05, 3.63) is 47.1 Å². The molecule has 3 aromatic rings. The third-order valence-corrected chi connectivity index (χ3v) is 3.93. The number of imidazole rings is 1. The highest BCUT2D eigenvalue weighted by molar-refractivity contribution is 9.10. The number of nitrogen functional groups attached to an aromatic ring is 1. The summed E-state index contributed by atoms with van der Waals surface area (Å²) in [4.78, 5) is 8.67. The number of benzene rings is 1. The molecule has 0 aliphatic heterocycles. The number of halogens is 1. The van der Waals surface area contributed by atoms with E-state index in [0.717, 1.165) is 26.9 Å². The molecule has 0 aliphatic rings. The standard InChI is InChI=1S/C14H14BrN5/c1-20-7-6-17-12(20)8-19-14-13-9(4-5-18-14)10(15)2-3-11(13)16/h2-7H,8,16H2,1H3,(H,18,19). The van der Waals surface area contributed by atoms with E-state index in [-0.39, 0.29) is 0 Å². The lowest BCUT2D eigenvalue weighted by atomic mass is 10.1. The molecule has 1 aromatic carbocycles. The number of aromatic nitrogens is 3. The lowest BCUT2D eigenvalue weighted by Gasteiger charge is -2.11. The smallest absolute Gasteiger partial charge is 0.136 e. The third kappa shape index (κ3) is 2.22. The zero-order chi connectivity index (χ0) is 14.1. The van der Waals surface area contributed by atoms with Gasteiger partial charge in [0.2, 0.25) is 0 Å². The number of anilines is 2.